The second-order valence-corrected chi connectivity index (χ2v) is 5.48. The van der Waals surface area contributed by atoms with Crippen molar-refractivity contribution in [2.45, 2.75) is 64.0 Å². The largest absolute Gasteiger partial charge is 0.380 e. The summed E-state index contributed by atoms with van der Waals surface area (Å²) in [7, 11) is 1.80. The van der Waals surface area contributed by atoms with Crippen LogP contribution in [0.5, 0.6) is 0 Å². The van der Waals surface area contributed by atoms with E-state index in [4.69, 9.17) is 10.5 Å². The van der Waals surface area contributed by atoms with E-state index in [9.17, 15) is 0 Å². The molecule has 1 aliphatic carbocycles. The molecular weight excluding hydrogens is 212 g/mol. The molecule has 0 saturated heterocycles. The molecule has 1 rings (SSSR count). The highest BCUT2D eigenvalue weighted by atomic mass is 16.5. The minimum absolute atomic E-state index is 0.251. The summed E-state index contributed by atoms with van der Waals surface area (Å²) in [5.41, 5.74) is 6.36. The molecule has 1 fully saturated rings. The molecule has 3 heteroatoms. The first-order chi connectivity index (χ1) is 8.18. The molecule has 1 saturated carbocycles. The Morgan fingerprint density at radius 1 is 1.29 bits per heavy atom. The van der Waals surface area contributed by atoms with Gasteiger partial charge >= 0.3 is 0 Å². The van der Waals surface area contributed by atoms with Gasteiger partial charge in [0.05, 0.1) is 6.10 Å². The molecule has 0 amide bonds. The van der Waals surface area contributed by atoms with E-state index in [-0.39, 0.29) is 5.54 Å². The van der Waals surface area contributed by atoms with Crippen LogP contribution in [0.1, 0.15) is 52.4 Å². The minimum Gasteiger partial charge on any atom is -0.380 e. The monoisotopic (exact) mass is 242 g/mol. The van der Waals surface area contributed by atoms with Gasteiger partial charge in [-0.15, -0.1) is 0 Å². The van der Waals surface area contributed by atoms with Gasteiger partial charge in [0.25, 0.3) is 0 Å². The lowest BCUT2D eigenvalue weighted by Crippen LogP contribution is -2.57. The highest BCUT2D eigenvalue weighted by Crippen LogP contribution is 2.33. The highest BCUT2D eigenvalue weighted by Gasteiger charge is 2.36. The molecule has 0 bridgehead atoms. The van der Waals surface area contributed by atoms with Gasteiger partial charge in [-0.2, -0.15) is 0 Å². The third-order valence-corrected chi connectivity index (χ3v) is 4.21. The van der Waals surface area contributed by atoms with Crippen LogP contribution in [0.25, 0.3) is 0 Å². The second kappa shape index (κ2) is 7.34. The average molecular weight is 242 g/mol. The molecule has 1 atom stereocenters. The van der Waals surface area contributed by atoms with Crippen LogP contribution in [0.3, 0.4) is 0 Å². The van der Waals surface area contributed by atoms with Gasteiger partial charge in [-0.25, -0.2) is 0 Å². The van der Waals surface area contributed by atoms with E-state index in [1.54, 1.807) is 7.11 Å². The first-order valence-electron chi connectivity index (χ1n) is 7.16. The summed E-state index contributed by atoms with van der Waals surface area (Å²) >= 11 is 0. The Labute approximate surface area is 107 Å². The summed E-state index contributed by atoms with van der Waals surface area (Å²) < 4.78 is 5.42. The van der Waals surface area contributed by atoms with Crippen molar-refractivity contribution in [3.05, 3.63) is 0 Å². The van der Waals surface area contributed by atoms with Crippen LogP contribution in [0.4, 0.5) is 0 Å². The topological polar surface area (TPSA) is 38.5 Å². The molecule has 1 aliphatic rings. The standard InChI is InChI=1S/C14H30N2O/c1-4-10-16(11-13(2)17-3)14(12-15)8-6-5-7-9-14/h13H,4-12,15H2,1-3H3. The third-order valence-electron chi connectivity index (χ3n) is 4.21. The van der Waals surface area contributed by atoms with Crippen LogP contribution < -0.4 is 5.73 Å². The lowest BCUT2D eigenvalue weighted by molar-refractivity contribution is 0.00431. The normalized spacial score (nSPS) is 21.7. The Morgan fingerprint density at radius 2 is 1.94 bits per heavy atom. The lowest BCUT2D eigenvalue weighted by atomic mass is 9.80. The van der Waals surface area contributed by atoms with Crippen LogP contribution in [0.2, 0.25) is 0 Å². The fourth-order valence-corrected chi connectivity index (χ4v) is 3.04. The smallest absolute Gasteiger partial charge is 0.0670 e. The fraction of sp³-hybridized carbons (Fsp3) is 1.00. The predicted molar refractivity (Wildman–Crippen MR) is 73.2 cm³/mol. The van der Waals surface area contributed by atoms with Gasteiger partial charge in [-0.3, -0.25) is 4.90 Å². The molecule has 1 unspecified atom stereocenters. The average Bonchev–Trinajstić information content (AvgIpc) is 2.38. The Hall–Kier alpha value is -0.120. The number of hydrogen-bond acceptors (Lipinski definition) is 3. The van der Waals surface area contributed by atoms with Crippen LogP contribution >= 0.6 is 0 Å². The van der Waals surface area contributed by atoms with Gasteiger partial charge in [-0.1, -0.05) is 26.2 Å². The third kappa shape index (κ3) is 3.94. The number of rotatable bonds is 7. The SMILES string of the molecule is CCCN(CC(C)OC)C1(CN)CCCCC1. The Balaban J connectivity index is 2.70. The van der Waals surface area contributed by atoms with Crippen molar-refractivity contribution >= 4 is 0 Å². The van der Waals surface area contributed by atoms with Gasteiger partial charge in [0.2, 0.25) is 0 Å². The quantitative estimate of drug-likeness (QED) is 0.745. The highest BCUT2D eigenvalue weighted by molar-refractivity contribution is 4.94. The van der Waals surface area contributed by atoms with Crippen LogP contribution in [-0.2, 0) is 4.74 Å². The van der Waals surface area contributed by atoms with Gasteiger partial charge in [0.1, 0.15) is 0 Å². The summed E-state index contributed by atoms with van der Waals surface area (Å²) in [6.45, 7) is 7.35. The zero-order chi connectivity index (χ0) is 12.7. The number of hydrogen-bond donors (Lipinski definition) is 1. The Morgan fingerprint density at radius 3 is 2.41 bits per heavy atom. The number of ether oxygens (including phenoxy) is 1. The van der Waals surface area contributed by atoms with E-state index in [1.165, 1.54) is 38.5 Å². The molecule has 102 valence electrons. The van der Waals surface area contributed by atoms with Crippen molar-refractivity contribution in [2.24, 2.45) is 5.73 Å². The minimum atomic E-state index is 0.251. The van der Waals surface area contributed by atoms with Crippen molar-refractivity contribution in [3.8, 4) is 0 Å². The molecule has 17 heavy (non-hydrogen) atoms. The van der Waals surface area contributed by atoms with Crippen molar-refractivity contribution in [1.82, 2.24) is 4.90 Å². The second-order valence-electron chi connectivity index (χ2n) is 5.48. The molecule has 0 heterocycles. The molecule has 0 spiro atoms. The van der Waals surface area contributed by atoms with Crippen molar-refractivity contribution in [1.29, 1.82) is 0 Å². The van der Waals surface area contributed by atoms with Crippen LogP contribution in [0.15, 0.2) is 0 Å². The molecule has 0 aromatic heterocycles. The summed E-state index contributed by atoms with van der Waals surface area (Å²) in [5.74, 6) is 0. The fourth-order valence-electron chi connectivity index (χ4n) is 3.04. The lowest BCUT2D eigenvalue weighted by Gasteiger charge is -2.47. The van der Waals surface area contributed by atoms with E-state index in [1.807, 2.05) is 0 Å². The molecule has 0 aromatic carbocycles. The van der Waals surface area contributed by atoms with Crippen molar-refractivity contribution in [2.75, 3.05) is 26.7 Å². The van der Waals surface area contributed by atoms with E-state index >= 15 is 0 Å². The van der Waals surface area contributed by atoms with Gasteiger partial charge in [0, 0.05) is 25.7 Å². The van der Waals surface area contributed by atoms with Crippen LogP contribution in [-0.4, -0.2) is 43.3 Å². The zero-order valence-electron chi connectivity index (χ0n) is 11.9. The zero-order valence-corrected chi connectivity index (χ0v) is 11.9. The molecule has 0 aliphatic heterocycles. The maximum absolute atomic E-state index is 6.10. The van der Waals surface area contributed by atoms with Crippen molar-refractivity contribution < 1.29 is 4.74 Å². The summed E-state index contributed by atoms with van der Waals surface area (Å²) in [4.78, 5) is 2.60. The van der Waals surface area contributed by atoms with Gasteiger partial charge in [-0.05, 0) is 32.7 Å². The molecule has 2 N–H and O–H groups in total. The van der Waals surface area contributed by atoms with Crippen molar-refractivity contribution in [3.63, 3.8) is 0 Å². The van der Waals surface area contributed by atoms with Crippen LogP contribution in [0, 0.1) is 0 Å². The van der Waals surface area contributed by atoms with E-state index in [0.29, 0.717) is 6.10 Å². The summed E-state index contributed by atoms with van der Waals surface area (Å²) in [6.07, 6.45) is 8.06. The maximum Gasteiger partial charge on any atom is 0.0670 e. The number of nitrogens with two attached hydrogens (primary N) is 1. The maximum atomic E-state index is 6.10. The first kappa shape index (κ1) is 14.9. The van der Waals surface area contributed by atoms with E-state index in [0.717, 1.165) is 19.6 Å². The van der Waals surface area contributed by atoms with Gasteiger partial charge < -0.3 is 10.5 Å². The molecule has 3 nitrogen and oxygen atoms in total. The Kier molecular flexibility index (Phi) is 6.45. The molecular formula is C14H30N2O. The predicted octanol–water partition coefficient (Wildman–Crippen LogP) is 2.39. The van der Waals surface area contributed by atoms with Gasteiger partial charge in [0.15, 0.2) is 0 Å². The van der Waals surface area contributed by atoms with E-state index in [2.05, 4.69) is 18.7 Å². The Bertz CT molecular complexity index is 202. The first-order valence-corrected chi connectivity index (χ1v) is 7.16. The summed E-state index contributed by atoms with van der Waals surface area (Å²) in [6, 6.07) is 0. The molecule has 0 radical (unpaired) electrons. The number of nitrogens with zero attached hydrogens (tertiary/aromatic N) is 1. The molecule has 0 aromatic rings. The summed E-state index contributed by atoms with van der Waals surface area (Å²) in [5, 5.41) is 0. The van der Waals surface area contributed by atoms with E-state index < -0.39 is 0 Å². The number of methoxy groups -OCH3 is 1.